The van der Waals surface area contributed by atoms with Crippen LogP contribution in [0.2, 0.25) is 0 Å². The number of nitrogens with zero attached hydrogens (tertiary/aromatic N) is 4. The molecule has 5 rings (SSSR count). The van der Waals surface area contributed by atoms with Gasteiger partial charge < -0.3 is 20.5 Å². The highest BCUT2D eigenvalue weighted by Crippen LogP contribution is 2.40. The maximum atomic E-state index is 15.2. The zero-order valence-electron chi connectivity index (χ0n) is 29.1. The second-order valence-corrected chi connectivity index (χ2v) is 14.4. The minimum absolute atomic E-state index is 0.0478. The zero-order chi connectivity index (χ0) is 36.2. The van der Waals surface area contributed by atoms with Crippen molar-refractivity contribution in [2.75, 3.05) is 19.8 Å². The number of nitrogens with two attached hydrogens (primary N) is 1. The summed E-state index contributed by atoms with van der Waals surface area (Å²) in [5.74, 6) is -2.12. The molecule has 1 aromatic heterocycles. The van der Waals surface area contributed by atoms with E-state index < -0.39 is 65.7 Å². The number of aryl methyl sites for hydroxylation is 1. The second-order valence-electron chi connectivity index (χ2n) is 14.4. The monoisotopic (exact) mass is 688 g/mol. The Kier molecular flexibility index (Phi) is 11.0. The Balaban J connectivity index is 1.53. The molecule has 0 radical (unpaired) electrons. The third kappa shape index (κ3) is 7.70. The number of nitrogens with one attached hydrogen (secondary N) is 1. The summed E-state index contributed by atoms with van der Waals surface area (Å²) < 4.78 is 30.8. The molecule has 2 aromatic carbocycles. The summed E-state index contributed by atoms with van der Waals surface area (Å²) in [6.07, 6.45) is 6.09. The summed E-state index contributed by atoms with van der Waals surface area (Å²) in [6.45, 7) is 6.91. The molecule has 0 saturated heterocycles. The van der Waals surface area contributed by atoms with Crippen LogP contribution in [0.3, 0.4) is 0 Å². The van der Waals surface area contributed by atoms with Gasteiger partial charge in [0.05, 0.1) is 18.3 Å². The number of benzene rings is 2. The van der Waals surface area contributed by atoms with Crippen LogP contribution in [0.15, 0.2) is 66.9 Å². The maximum Gasteiger partial charge on any atom is 0.254 e. The lowest BCUT2D eigenvalue weighted by molar-refractivity contribution is -0.152. The second kappa shape index (κ2) is 15.0. The van der Waals surface area contributed by atoms with E-state index in [4.69, 9.17) is 10.7 Å². The molecule has 12 heteroatoms. The van der Waals surface area contributed by atoms with Gasteiger partial charge >= 0.3 is 0 Å². The van der Waals surface area contributed by atoms with Gasteiger partial charge in [-0.05, 0) is 49.3 Å². The van der Waals surface area contributed by atoms with Crippen molar-refractivity contribution < 1.29 is 28.0 Å². The lowest BCUT2D eigenvalue weighted by atomic mass is 9.84. The Morgan fingerprint density at radius 1 is 1.06 bits per heavy atom. The molecule has 10 nitrogen and oxygen atoms in total. The molecule has 1 aliphatic carbocycles. The van der Waals surface area contributed by atoms with Gasteiger partial charge in [0.2, 0.25) is 11.8 Å². The minimum Gasteiger partial charge on any atom is -0.345 e. The molecule has 3 N–H and O–H groups in total. The highest BCUT2D eigenvalue weighted by molar-refractivity contribution is 6.16. The highest BCUT2D eigenvalue weighted by atomic mass is 19.1. The normalized spacial score (nSPS) is 16.9. The Labute approximate surface area is 291 Å². The van der Waals surface area contributed by atoms with E-state index in [2.05, 4.69) is 5.32 Å². The van der Waals surface area contributed by atoms with E-state index in [0.29, 0.717) is 49.3 Å². The number of rotatable bonds is 13. The van der Waals surface area contributed by atoms with Crippen LogP contribution in [-0.4, -0.2) is 74.3 Å². The number of imide groups is 1. The minimum atomic E-state index is -1.39. The molecule has 3 aromatic rings. The first-order chi connectivity index (χ1) is 23.7. The van der Waals surface area contributed by atoms with Crippen molar-refractivity contribution >= 4 is 23.6 Å². The molecule has 1 aliphatic heterocycles. The van der Waals surface area contributed by atoms with E-state index in [9.17, 15) is 23.6 Å². The number of halogens is 2. The van der Waals surface area contributed by atoms with E-state index in [0.717, 1.165) is 28.2 Å². The summed E-state index contributed by atoms with van der Waals surface area (Å²) >= 11 is 0. The molecule has 2 unspecified atom stereocenters. The van der Waals surface area contributed by atoms with Gasteiger partial charge in [0.15, 0.2) is 0 Å². The average molecular weight is 689 g/mol. The number of imidazole rings is 1. The molecule has 2 atom stereocenters. The number of carbonyl (C=O) groups is 4. The van der Waals surface area contributed by atoms with Crippen molar-refractivity contribution in [3.05, 3.63) is 89.6 Å². The van der Waals surface area contributed by atoms with Gasteiger partial charge in [0.1, 0.15) is 23.9 Å². The average Bonchev–Trinajstić information content (AvgIpc) is 3.81. The van der Waals surface area contributed by atoms with E-state index >= 15 is 4.39 Å². The first kappa shape index (κ1) is 36.6. The van der Waals surface area contributed by atoms with Crippen LogP contribution in [0.25, 0.3) is 11.3 Å². The van der Waals surface area contributed by atoms with Gasteiger partial charge in [0, 0.05) is 43.0 Å². The summed E-state index contributed by atoms with van der Waals surface area (Å²) in [5.41, 5.74) is 6.49. The Morgan fingerprint density at radius 2 is 1.72 bits per heavy atom. The topological polar surface area (TPSA) is 131 Å². The molecule has 1 fully saturated rings. The SMILES string of the molecule is Cc1ccc(F)c(-c2cn(Cc3ccccc3)c(C(N(CCC(N)CF)C(=O)CNC(=O)C3(N4C(=O)C=CC4=O)CCCC3)C(C)(C)C)n2)c1. The van der Waals surface area contributed by atoms with Gasteiger partial charge in [-0.3, -0.25) is 24.1 Å². The van der Waals surface area contributed by atoms with Crippen molar-refractivity contribution in [2.45, 2.75) is 84.0 Å². The molecule has 0 bridgehead atoms. The van der Waals surface area contributed by atoms with Crippen LogP contribution >= 0.6 is 0 Å². The van der Waals surface area contributed by atoms with E-state index in [1.807, 2.05) is 62.6 Å². The third-order valence-corrected chi connectivity index (χ3v) is 9.53. The number of carbonyl (C=O) groups excluding carboxylic acids is 4. The molecular formula is C38H46F2N6O4. The first-order valence-electron chi connectivity index (χ1n) is 17.1. The standard InChI is InChI=1S/C38H46F2N6O4/c1-25-12-13-29(40)28(20-25)30-24-44(23-26-10-6-5-7-11-26)35(43-30)34(37(2,3)4)45(19-16-27(41)21-39)33(49)22-42-36(50)38(17-8-9-18-38)46-31(47)14-15-32(46)48/h5-7,10-15,20,24,27,34H,8-9,16-19,21-23,41H2,1-4H3,(H,42,50). The van der Waals surface area contributed by atoms with Crippen LogP contribution in [0.4, 0.5) is 8.78 Å². The predicted octanol–water partition coefficient (Wildman–Crippen LogP) is 5.00. The van der Waals surface area contributed by atoms with Gasteiger partial charge in [-0.2, -0.15) is 0 Å². The Hall–Kier alpha value is -4.71. The van der Waals surface area contributed by atoms with Gasteiger partial charge in [-0.1, -0.05) is 75.6 Å². The molecule has 50 heavy (non-hydrogen) atoms. The summed E-state index contributed by atoms with van der Waals surface area (Å²) in [7, 11) is 0. The summed E-state index contributed by atoms with van der Waals surface area (Å²) in [4.78, 5) is 61.0. The van der Waals surface area contributed by atoms with Crippen molar-refractivity contribution in [2.24, 2.45) is 11.1 Å². The van der Waals surface area contributed by atoms with Gasteiger partial charge in [0.25, 0.3) is 11.8 Å². The number of hydrogen-bond donors (Lipinski definition) is 2. The third-order valence-electron chi connectivity index (χ3n) is 9.53. The van der Waals surface area contributed by atoms with Crippen LogP contribution in [-0.2, 0) is 25.7 Å². The van der Waals surface area contributed by atoms with Crippen LogP contribution in [0, 0.1) is 18.2 Å². The quantitative estimate of drug-likeness (QED) is 0.243. The van der Waals surface area contributed by atoms with E-state index in [1.54, 1.807) is 23.2 Å². The van der Waals surface area contributed by atoms with Crippen molar-refractivity contribution in [3.63, 3.8) is 0 Å². The lowest BCUT2D eigenvalue weighted by Crippen LogP contribution is -2.60. The maximum absolute atomic E-state index is 15.2. The Morgan fingerprint density at radius 3 is 2.34 bits per heavy atom. The molecule has 2 aliphatic rings. The molecule has 1 saturated carbocycles. The lowest BCUT2D eigenvalue weighted by Gasteiger charge is -2.41. The van der Waals surface area contributed by atoms with Gasteiger partial charge in [-0.25, -0.2) is 13.8 Å². The smallest absolute Gasteiger partial charge is 0.254 e. The van der Waals surface area contributed by atoms with Crippen LogP contribution in [0.1, 0.15) is 75.9 Å². The van der Waals surface area contributed by atoms with Crippen LogP contribution < -0.4 is 11.1 Å². The number of hydrogen-bond acceptors (Lipinski definition) is 6. The zero-order valence-corrected chi connectivity index (χ0v) is 29.1. The number of aromatic nitrogens is 2. The largest absolute Gasteiger partial charge is 0.345 e. The van der Waals surface area contributed by atoms with Crippen molar-refractivity contribution in [1.29, 1.82) is 0 Å². The fourth-order valence-corrected chi connectivity index (χ4v) is 7.05. The molecular weight excluding hydrogens is 642 g/mol. The number of alkyl halides is 1. The summed E-state index contributed by atoms with van der Waals surface area (Å²) in [5, 5.41) is 2.74. The predicted molar refractivity (Wildman–Crippen MR) is 186 cm³/mol. The summed E-state index contributed by atoms with van der Waals surface area (Å²) in [6, 6.07) is 12.9. The van der Waals surface area contributed by atoms with Crippen molar-refractivity contribution in [3.8, 4) is 11.3 Å². The highest BCUT2D eigenvalue weighted by Gasteiger charge is 2.52. The molecule has 4 amide bonds. The fourth-order valence-electron chi connectivity index (χ4n) is 7.05. The van der Waals surface area contributed by atoms with E-state index in [1.165, 1.54) is 6.07 Å². The fraction of sp³-hybridized carbons (Fsp3) is 0.447. The number of amides is 4. The van der Waals surface area contributed by atoms with Crippen molar-refractivity contribution in [1.82, 2.24) is 24.7 Å². The van der Waals surface area contributed by atoms with Gasteiger partial charge in [-0.15, -0.1) is 0 Å². The van der Waals surface area contributed by atoms with Crippen LogP contribution in [0.5, 0.6) is 0 Å². The molecule has 0 spiro atoms. The molecule has 266 valence electrons. The first-order valence-corrected chi connectivity index (χ1v) is 17.1. The van der Waals surface area contributed by atoms with E-state index in [-0.39, 0.29) is 13.0 Å². The Bertz CT molecular complexity index is 1740. The molecule has 2 heterocycles.